The topological polar surface area (TPSA) is 35.0 Å². The van der Waals surface area contributed by atoms with Crippen LogP contribution in [0.2, 0.25) is 0 Å². The maximum atomic E-state index is 12.9. The summed E-state index contributed by atoms with van der Waals surface area (Å²) in [6.45, 7) is 0. The molecule has 2 rings (SSSR count). The Bertz CT molecular complexity index is 348. The van der Waals surface area contributed by atoms with E-state index < -0.39 is 5.92 Å². The fourth-order valence-corrected chi connectivity index (χ4v) is 1.85. The van der Waals surface area contributed by atoms with E-state index in [1.54, 1.807) is 12.4 Å². The lowest BCUT2D eigenvalue weighted by Crippen LogP contribution is -2.31. The zero-order chi connectivity index (χ0) is 11.6. The summed E-state index contributed by atoms with van der Waals surface area (Å²) < 4.78 is 31.9. The first-order valence-electron chi connectivity index (χ1n) is 5.07. The SMILES string of the molecule is FC1(F)CCC(Oc2ncc(Br)cn2)CC1. The van der Waals surface area contributed by atoms with Gasteiger partial charge in [0.25, 0.3) is 0 Å². The summed E-state index contributed by atoms with van der Waals surface area (Å²) in [6.07, 6.45) is 3.42. The molecule has 0 radical (unpaired) electrons. The quantitative estimate of drug-likeness (QED) is 0.840. The molecule has 1 aliphatic rings. The first-order valence-corrected chi connectivity index (χ1v) is 5.86. The largest absolute Gasteiger partial charge is 0.460 e. The van der Waals surface area contributed by atoms with Gasteiger partial charge in [0.15, 0.2) is 0 Å². The minimum Gasteiger partial charge on any atom is -0.460 e. The minimum absolute atomic E-state index is 0.117. The van der Waals surface area contributed by atoms with Gasteiger partial charge in [0.05, 0.1) is 4.47 Å². The molecule has 1 fully saturated rings. The van der Waals surface area contributed by atoms with Gasteiger partial charge in [-0.25, -0.2) is 18.7 Å². The summed E-state index contributed by atoms with van der Waals surface area (Å²) in [5.74, 6) is -2.53. The zero-order valence-electron chi connectivity index (χ0n) is 8.50. The van der Waals surface area contributed by atoms with Crippen LogP contribution in [0, 0.1) is 0 Å². The van der Waals surface area contributed by atoms with Crippen molar-refractivity contribution in [2.24, 2.45) is 0 Å². The highest BCUT2D eigenvalue weighted by molar-refractivity contribution is 9.10. The van der Waals surface area contributed by atoms with Crippen LogP contribution in [0.15, 0.2) is 16.9 Å². The van der Waals surface area contributed by atoms with Crippen LogP contribution < -0.4 is 4.74 Å². The van der Waals surface area contributed by atoms with Crippen molar-refractivity contribution in [1.82, 2.24) is 9.97 Å². The third-order valence-electron chi connectivity index (χ3n) is 2.53. The minimum atomic E-state index is -2.53. The molecule has 0 amide bonds. The van der Waals surface area contributed by atoms with Crippen LogP contribution in [-0.4, -0.2) is 22.0 Å². The Hall–Kier alpha value is -0.780. The molecule has 16 heavy (non-hydrogen) atoms. The smallest absolute Gasteiger partial charge is 0.316 e. The van der Waals surface area contributed by atoms with Gasteiger partial charge >= 0.3 is 6.01 Å². The summed E-state index contributed by atoms with van der Waals surface area (Å²) in [7, 11) is 0. The average Bonchev–Trinajstić information content (AvgIpc) is 2.24. The number of halogens is 3. The van der Waals surface area contributed by atoms with Crippen molar-refractivity contribution in [1.29, 1.82) is 0 Å². The van der Waals surface area contributed by atoms with Crippen LogP contribution in [0.3, 0.4) is 0 Å². The molecule has 1 saturated carbocycles. The molecule has 0 aliphatic heterocycles. The second kappa shape index (κ2) is 4.61. The molecule has 3 nitrogen and oxygen atoms in total. The summed E-state index contributed by atoms with van der Waals surface area (Å²) >= 11 is 3.21. The van der Waals surface area contributed by atoms with Gasteiger partial charge in [-0.15, -0.1) is 0 Å². The Labute approximate surface area is 100 Å². The van der Waals surface area contributed by atoms with E-state index in [1.165, 1.54) is 0 Å². The van der Waals surface area contributed by atoms with Crippen LogP contribution >= 0.6 is 15.9 Å². The lowest BCUT2D eigenvalue weighted by Gasteiger charge is -2.27. The number of aromatic nitrogens is 2. The number of nitrogens with zero attached hydrogens (tertiary/aromatic N) is 2. The van der Waals surface area contributed by atoms with E-state index in [4.69, 9.17) is 4.74 Å². The van der Waals surface area contributed by atoms with E-state index in [-0.39, 0.29) is 25.0 Å². The molecule has 1 aliphatic carbocycles. The third kappa shape index (κ3) is 3.10. The Morgan fingerprint density at radius 2 is 1.81 bits per heavy atom. The second-order valence-electron chi connectivity index (χ2n) is 3.86. The van der Waals surface area contributed by atoms with E-state index in [0.717, 1.165) is 4.47 Å². The first kappa shape index (κ1) is 11.7. The highest BCUT2D eigenvalue weighted by Crippen LogP contribution is 2.34. The van der Waals surface area contributed by atoms with E-state index in [1.807, 2.05) is 0 Å². The van der Waals surface area contributed by atoms with Crippen molar-refractivity contribution in [2.75, 3.05) is 0 Å². The van der Waals surface area contributed by atoms with Gasteiger partial charge in [0.1, 0.15) is 6.10 Å². The predicted octanol–water partition coefficient (Wildman–Crippen LogP) is 3.20. The van der Waals surface area contributed by atoms with Crippen molar-refractivity contribution in [3.63, 3.8) is 0 Å². The number of ether oxygens (including phenoxy) is 1. The van der Waals surface area contributed by atoms with Gasteiger partial charge < -0.3 is 4.74 Å². The monoisotopic (exact) mass is 292 g/mol. The summed E-state index contributed by atoms with van der Waals surface area (Å²) in [4.78, 5) is 7.88. The molecule has 1 heterocycles. The van der Waals surface area contributed by atoms with Crippen molar-refractivity contribution >= 4 is 15.9 Å². The van der Waals surface area contributed by atoms with Crippen LogP contribution in [0.5, 0.6) is 6.01 Å². The van der Waals surface area contributed by atoms with Crippen LogP contribution in [-0.2, 0) is 0 Å². The van der Waals surface area contributed by atoms with Gasteiger partial charge in [-0.2, -0.15) is 0 Å². The average molecular weight is 293 g/mol. The van der Waals surface area contributed by atoms with Gasteiger partial charge in [0, 0.05) is 25.2 Å². The van der Waals surface area contributed by atoms with Gasteiger partial charge in [-0.05, 0) is 28.8 Å². The fraction of sp³-hybridized carbons (Fsp3) is 0.600. The van der Waals surface area contributed by atoms with Crippen LogP contribution in [0.4, 0.5) is 8.78 Å². The third-order valence-corrected chi connectivity index (χ3v) is 2.94. The normalized spacial score (nSPS) is 20.7. The van der Waals surface area contributed by atoms with Gasteiger partial charge in [-0.1, -0.05) is 0 Å². The fourth-order valence-electron chi connectivity index (χ4n) is 1.64. The molecule has 1 aromatic heterocycles. The molecule has 0 spiro atoms. The number of alkyl halides is 2. The molecule has 0 atom stereocenters. The second-order valence-corrected chi connectivity index (χ2v) is 4.77. The number of hydrogen-bond acceptors (Lipinski definition) is 3. The highest BCUT2D eigenvalue weighted by atomic mass is 79.9. The van der Waals surface area contributed by atoms with Crippen molar-refractivity contribution in [3.05, 3.63) is 16.9 Å². The molecular weight excluding hydrogens is 282 g/mol. The summed E-state index contributed by atoms with van der Waals surface area (Å²) in [5.41, 5.74) is 0. The molecule has 88 valence electrons. The van der Waals surface area contributed by atoms with E-state index >= 15 is 0 Å². The molecule has 0 N–H and O–H groups in total. The zero-order valence-corrected chi connectivity index (χ0v) is 10.1. The number of rotatable bonds is 2. The Morgan fingerprint density at radius 3 is 2.38 bits per heavy atom. The molecule has 1 aromatic rings. The predicted molar refractivity (Wildman–Crippen MR) is 57.6 cm³/mol. The van der Waals surface area contributed by atoms with Crippen LogP contribution in [0.25, 0.3) is 0 Å². The molecule has 6 heteroatoms. The molecule has 0 saturated heterocycles. The maximum absolute atomic E-state index is 12.9. The van der Waals surface area contributed by atoms with E-state index in [2.05, 4.69) is 25.9 Å². The molecule has 0 aromatic carbocycles. The Balaban J connectivity index is 1.89. The van der Waals surface area contributed by atoms with E-state index in [0.29, 0.717) is 12.8 Å². The highest BCUT2D eigenvalue weighted by Gasteiger charge is 2.35. The van der Waals surface area contributed by atoms with Crippen LogP contribution in [0.1, 0.15) is 25.7 Å². The van der Waals surface area contributed by atoms with Gasteiger partial charge in [-0.3, -0.25) is 0 Å². The first-order chi connectivity index (χ1) is 7.55. The molecular formula is C10H11BrF2N2O. The maximum Gasteiger partial charge on any atom is 0.316 e. The molecule has 0 unspecified atom stereocenters. The number of hydrogen-bond donors (Lipinski definition) is 0. The Kier molecular flexibility index (Phi) is 3.37. The lowest BCUT2D eigenvalue weighted by molar-refractivity contribution is -0.0594. The van der Waals surface area contributed by atoms with Crippen molar-refractivity contribution < 1.29 is 13.5 Å². The van der Waals surface area contributed by atoms with Gasteiger partial charge in [0.2, 0.25) is 5.92 Å². The summed E-state index contributed by atoms with van der Waals surface area (Å²) in [6, 6.07) is 0.249. The lowest BCUT2D eigenvalue weighted by atomic mass is 9.94. The van der Waals surface area contributed by atoms with Crippen molar-refractivity contribution in [2.45, 2.75) is 37.7 Å². The summed E-state index contributed by atoms with van der Waals surface area (Å²) in [5, 5.41) is 0. The standard InChI is InChI=1S/C10H11BrF2N2O/c11-7-5-14-9(15-6-7)16-8-1-3-10(12,13)4-2-8/h5-6,8H,1-4H2. The van der Waals surface area contributed by atoms with Crippen molar-refractivity contribution in [3.8, 4) is 6.01 Å². The molecule has 0 bridgehead atoms. The van der Waals surface area contributed by atoms with E-state index in [9.17, 15) is 8.78 Å². The Morgan fingerprint density at radius 1 is 1.25 bits per heavy atom.